The summed E-state index contributed by atoms with van der Waals surface area (Å²) in [5.41, 5.74) is 0. The Kier molecular flexibility index (Phi) is 6.82. The van der Waals surface area contributed by atoms with Gasteiger partial charge in [-0.05, 0) is 37.3 Å². The van der Waals surface area contributed by atoms with Crippen molar-refractivity contribution in [3.8, 4) is 0 Å². The van der Waals surface area contributed by atoms with Gasteiger partial charge >= 0.3 is 0 Å². The third kappa shape index (κ3) is 5.21. The number of thiophene rings is 1. The topological polar surface area (TPSA) is 48.9 Å². The third-order valence-electron chi connectivity index (χ3n) is 3.56. The molecule has 1 fully saturated rings. The van der Waals surface area contributed by atoms with Crippen LogP contribution in [0.5, 0.6) is 0 Å². The Morgan fingerprint density at radius 2 is 2.29 bits per heavy atom. The van der Waals surface area contributed by atoms with Crippen LogP contribution in [0, 0.1) is 0 Å². The quantitative estimate of drug-likeness (QED) is 0.479. The van der Waals surface area contributed by atoms with Crippen molar-refractivity contribution >= 4 is 22.3 Å². The van der Waals surface area contributed by atoms with Crippen molar-refractivity contribution in [1.29, 1.82) is 0 Å². The van der Waals surface area contributed by atoms with Crippen molar-refractivity contribution < 1.29 is 4.74 Å². The maximum atomic E-state index is 5.05. The Hall–Kier alpha value is -1.27. The number of hydrogen-bond donors (Lipinski definition) is 2. The fraction of sp³-hybridized carbons (Fsp3) is 0.667. The minimum Gasteiger partial charge on any atom is -0.383 e. The van der Waals surface area contributed by atoms with Crippen molar-refractivity contribution in [2.45, 2.75) is 25.8 Å². The van der Waals surface area contributed by atoms with Crippen LogP contribution in [0.15, 0.2) is 22.5 Å². The Bertz CT molecular complexity index is 413. The molecule has 21 heavy (non-hydrogen) atoms. The SMILES string of the molecule is CCNC(=NCCOC)NC1CCN(c2cccs2)CC1. The maximum absolute atomic E-state index is 5.05. The van der Waals surface area contributed by atoms with Crippen LogP contribution in [0.2, 0.25) is 0 Å². The van der Waals surface area contributed by atoms with Crippen LogP contribution in [-0.4, -0.2) is 51.9 Å². The monoisotopic (exact) mass is 310 g/mol. The molecule has 1 aliphatic rings. The van der Waals surface area contributed by atoms with E-state index >= 15 is 0 Å². The van der Waals surface area contributed by atoms with Crippen molar-refractivity contribution in [3.05, 3.63) is 17.5 Å². The van der Waals surface area contributed by atoms with Gasteiger partial charge in [-0.2, -0.15) is 0 Å². The summed E-state index contributed by atoms with van der Waals surface area (Å²) in [7, 11) is 1.70. The highest BCUT2D eigenvalue weighted by Gasteiger charge is 2.20. The van der Waals surface area contributed by atoms with Gasteiger partial charge in [-0.1, -0.05) is 0 Å². The lowest BCUT2D eigenvalue weighted by Crippen LogP contribution is -2.48. The van der Waals surface area contributed by atoms with Gasteiger partial charge in [-0.3, -0.25) is 4.99 Å². The number of nitrogens with zero attached hydrogens (tertiary/aromatic N) is 2. The molecular formula is C15H26N4OS. The van der Waals surface area contributed by atoms with Crippen LogP contribution in [0.1, 0.15) is 19.8 Å². The minimum absolute atomic E-state index is 0.501. The molecule has 1 saturated heterocycles. The van der Waals surface area contributed by atoms with Crippen LogP contribution in [0.3, 0.4) is 0 Å². The zero-order valence-corrected chi connectivity index (χ0v) is 13.8. The fourth-order valence-corrected chi connectivity index (χ4v) is 3.24. The van der Waals surface area contributed by atoms with Crippen LogP contribution in [0.4, 0.5) is 5.00 Å². The van der Waals surface area contributed by atoms with Gasteiger partial charge in [-0.15, -0.1) is 11.3 Å². The van der Waals surface area contributed by atoms with Gasteiger partial charge in [0, 0.05) is 32.8 Å². The number of ether oxygens (including phenoxy) is 1. The summed E-state index contributed by atoms with van der Waals surface area (Å²) >= 11 is 1.82. The van der Waals surface area contributed by atoms with E-state index < -0.39 is 0 Å². The fourth-order valence-electron chi connectivity index (χ4n) is 2.46. The molecule has 0 amide bonds. The second-order valence-electron chi connectivity index (χ2n) is 5.11. The molecule has 1 aromatic heterocycles. The molecule has 2 heterocycles. The number of nitrogens with one attached hydrogen (secondary N) is 2. The summed E-state index contributed by atoms with van der Waals surface area (Å²) in [5.74, 6) is 0.907. The number of guanidine groups is 1. The number of anilines is 1. The molecule has 0 unspecified atom stereocenters. The van der Waals surface area contributed by atoms with Gasteiger partial charge in [0.05, 0.1) is 18.2 Å². The lowest BCUT2D eigenvalue weighted by atomic mass is 10.1. The first-order chi connectivity index (χ1) is 10.3. The number of aliphatic imine (C=N–C) groups is 1. The van der Waals surface area contributed by atoms with E-state index in [2.05, 4.69) is 45.0 Å². The number of piperidine rings is 1. The molecule has 2 rings (SSSR count). The standard InChI is InChI=1S/C15H26N4OS/c1-3-16-15(17-8-11-20-2)18-13-6-9-19(10-7-13)14-5-4-12-21-14/h4-5,12-13H,3,6-11H2,1-2H3,(H2,16,17,18). The molecule has 118 valence electrons. The van der Waals surface area contributed by atoms with Gasteiger partial charge in [0.2, 0.25) is 0 Å². The molecule has 0 atom stereocenters. The molecule has 6 heteroatoms. The minimum atomic E-state index is 0.501. The van der Waals surface area contributed by atoms with E-state index in [0.29, 0.717) is 19.2 Å². The number of hydrogen-bond acceptors (Lipinski definition) is 4. The highest BCUT2D eigenvalue weighted by atomic mass is 32.1. The molecule has 2 N–H and O–H groups in total. The molecule has 1 aromatic rings. The number of methoxy groups -OCH3 is 1. The van der Waals surface area contributed by atoms with Gasteiger partial charge < -0.3 is 20.3 Å². The summed E-state index contributed by atoms with van der Waals surface area (Å²) < 4.78 is 5.05. The molecule has 0 aliphatic carbocycles. The van der Waals surface area contributed by atoms with Crippen LogP contribution >= 0.6 is 11.3 Å². The molecule has 0 radical (unpaired) electrons. The second kappa shape index (κ2) is 8.89. The summed E-state index contributed by atoms with van der Waals surface area (Å²) in [6, 6.07) is 4.83. The number of rotatable bonds is 6. The molecular weight excluding hydrogens is 284 g/mol. The van der Waals surface area contributed by atoms with Crippen LogP contribution in [-0.2, 0) is 4.74 Å². The summed E-state index contributed by atoms with van der Waals surface area (Å²) in [6.07, 6.45) is 2.29. The second-order valence-corrected chi connectivity index (χ2v) is 6.04. The highest BCUT2D eigenvalue weighted by molar-refractivity contribution is 7.14. The molecule has 0 bridgehead atoms. The lowest BCUT2D eigenvalue weighted by molar-refractivity contribution is 0.207. The Labute approximate surface area is 131 Å². The zero-order chi connectivity index (χ0) is 14.9. The largest absolute Gasteiger partial charge is 0.383 e. The smallest absolute Gasteiger partial charge is 0.191 e. The molecule has 0 spiro atoms. The van der Waals surface area contributed by atoms with Crippen molar-refractivity contribution in [1.82, 2.24) is 10.6 Å². The van der Waals surface area contributed by atoms with E-state index in [0.717, 1.165) is 38.4 Å². The predicted molar refractivity (Wildman–Crippen MR) is 90.5 cm³/mol. The van der Waals surface area contributed by atoms with E-state index in [-0.39, 0.29) is 0 Å². The molecule has 0 aromatic carbocycles. The van der Waals surface area contributed by atoms with Crippen LogP contribution < -0.4 is 15.5 Å². The molecule has 5 nitrogen and oxygen atoms in total. The Balaban J connectivity index is 1.79. The predicted octanol–water partition coefficient (Wildman–Crippen LogP) is 1.92. The van der Waals surface area contributed by atoms with Gasteiger partial charge in [0.25, 0.3) is 0 Å². The Morgan fingerprint density at radius 3 is 2.90 bits per heavy atom. The average molecular weight is 310 g/mol. The maximum Gasteiger partial charge on any atom is 0.191 e. The van der Waals surface area contributed by atoms with Crippen LogP contribution in [0.25, 0.3) is 0 Å². The highest BCUT2D eigenvalue weighted by Crippen LogP contribution is 2.24. The van der Waals surface area contributed by atoms with Gasteiger partial charge in [0.1, 0.15) is 0 Å². The Morgan fingerprint density at radius 1 is 1.48 bits per heavy atom. The van der Waals surface area contributed by atoms with Gasteiger partial charge in [-0.25, -0.2) is 0 Å². The zero-order valence-electron chi connectivity index (χ0n) is 13.0. The van der Waals surface area contributed by atoms with Crippen molar-refractivity contribution in [3.63, 3.8) is 0 Å². The first-order valence-electron chi connectivity index (χ1n) is 7.65. The van der Waals surface area contributed by atoms with Crippen molar-refractivity contribution in [2.75, 3.05) is 44.8 Å². The summed E-state index contributed by atoms with van der Waals surface area (Å²) in [4.78, 5) is 6.99. The summed E-state index contributed by atoms with van der Waals surface area (Å²) in [6.45, 7) is 6.54. The average Bonchev–Trinajstić information content (AvgIpc) is 3.03. The first-order valence-corrected chi connectivity index (χ1v) is 8.53. The van der Waals surface area contributed by atoms with Gasteiger partial charge in [0.15, 0.2) is 5.96 Å². The lowest BCUT2D eigenvalue weighted by Gasteiger charge is -2.33. The van der Waals surface area contributed by atoms with E-state index in [1.807, 2.05) is 11.3 Å². The van der Waals surface area contributed by atoms with E-state index in [1.54, 1.807) is 7.11 Å². The summed E-state index contributed by atoms with van der Waals surface area (Å²) in [5, 5.41) is 10.4. The molecule has 0 saturated carbocycles. The molecule has 1 aliphatic heterocycles. The van der Waals surface area contributed by atoms with E-state index in [9.17, 15) is 0 Å². The third-order valence-corrected chi connectivity index (χ3v) is 4.49. The normalized spacial score (nSPS) is 17.0. The first kappa shape index (κ1) is 16.1. The van der Waals surface area contributed by atoms with E-state index in [1.165, 1.54) is 5.00 Å². The van der Waals surface area contributed by atoms with Crippen molar-refractivity contribution in [2.24, 2.45) is 4.99 Å². The van der Waals surface area contributed by atoms with E-state index in [4.69, 9.17) is 4.74 Å².